The molecule has 5 aromatic rings. The molecule has 27 heavy (non-hydrogen) atoms. The van der Waals surface area contributed by atoms with Crippen LogP contribution in [0.2, 0.25) is 0 Å². The van der Waals surface area contributed by atoms with Gasteiger partial charge in [0.2, 0.25) is 5.78 Å². The van der Waals surface area contributed by atoms with Gasteiger partial charge in [-0.25, -0.2) is 4.98 Å². The van der Waals surface area contributed by atoms with Crippen LogP contribution >= 0.6 is 0 Å². The highest BCUT2D eigenvalue weighted by Gasteiger charge is 2.20. The summed E-state index contributed by atoms with van der Waals surface area (Å²) in [4.78, 5) is 24.2. The molecule has 5 rings (SSSR count). The van der Waals surface area contributed by atoms with Gasteiger partial charge in [0, 0.05) is 22.7 Å². The first-order valence-electron chi connectivity index (χ1n) is 8.61. The van der Waals surface area contributed by atoms with Crippen LogP contribution in [0.5, 0.6) is 0 Å². The van der Waals surface area contributed by atoms with Gasteiger partial charge in [0.25, 0.3) is 0 Å². The Labute approximate surface area is 154 Å². The summed E-state index contributed by atoms with van der Waals surface area (Å²) in [5.74, 6) is 0.578. The SMILES string of the molecule is O=C(/C(=C/c1c[nH]c2ccccc12)c1nc2ccccc2[nH]1)c1ccco1. The van der Waals surface area contributed by atoms with Gasteiger partial charge in [0.15, 0.2) is 5.76 Å². The Morgan fingerprint density at radius 2 is 1.78 bits per heavy atom. The first kappa shape index (κ1) is 15.4. The standard InChI is InChI=1S/C22H15N3O2/c26-21(20-10-5-11-27-20)16(22-24-18-8-3-4-9-19(18)25-22)12-14-13-23-17-7-2-1-6-15(14)17/h1-13,23H,(H,24,25)/b16-12-. The fourth-order valence-electron chi connectivity index (χ4n) is 3.23. The highest BCUT2D eigenvalue weighted by Crippen LogP contribution is 2.27. The number of para-hydroxylation sites is 3. The number of allylic oxidation sites excluding steroid dienone is 1. The number of hydrogen-bond donors (Lipinski definition) is 2. The summed E-state index contributed by atoms with van der Waals surface area (Å²) in [6.45, 7) is 0. The molecule has 2 aromatic carbocycles. The second-order valence-electron chi connectivity index (χ2n) is 6.26. The van der Waals surface area contributed by atoms with Crippen LogP contribution in [-0.2, 0) is 0 Å². The third-order valence-corrected chi connectivity index (χ3v) is 4.56. The fraction of sp³-hybridized carbons (Fsp3) is 0. The summed E-state index contributed by atoms with van der Waals surface area (Å²) in [5, 5.41) is 1.04. The van der Waals surface area contributed by atoms with Gasteiger partial charge >= 0.3 is 0 Å². The number of nitrogens with one attached hydrogen (secondary N) is 2. The Hall–Kier alpha value is -3.86. The number of hydrogen-bond acceptors (Lipinski definition) is 3. The molecule has 3 aromatic heterocycles. The van der Waals surface area contributed by atoms with E-state index >= 15 is 0 Å². The molecule has 2 N–H and O–H groups in total. The van der Waals surface area contributed by atoms with Crippen molar-refractivity contribution in [2.24, 2.45) is 0 Å². The number of Topliss-reactive ketones (excluding diaryl/α,β-unsaturated/α-hetero) is 1. The molecule has 0 saturated heterocycles. The smallest absolute Gasteiger partial charge is 0.231 e. The van der Waals surface area contributed by atoms with Crippen molar-refractivity contribution in [3.63, 3.8) is 0 Å². The van der Waals surface area contributed by atoms with Gasteiger partial charge < -0.3 is 14.4 Å². The largest absolute Gasteiger partial charge is 0.461 e. The first-order chi connectivity index (χ1) is 13.3. The number of imidazole rings is 1. The van der Waals surface area contributed by atoms with E-state index in [0.717, 1.165) is 27.5 Å². The lowest BCUT2D eigenvalue weighted by molar-refractivity contribution is 0.103. The van der Waals surface area contributed by atoms with Crippen molar-refractivity contribution < 1.29 is 9.21 Å². The molecular weight excluding hydrogens is 338 g/mol. The van der Waals surface area contributed by atoms with Crippen LogP contribution in [0.4, 0.5) is 0 Å². The first-order valence-corrected chi connectivity index (χ1v) is 8.61. The summed E-state index contributed by atoms with van der Waals surface area (Å²) < 4.78 is 5.34. The molecule has 0 amide bonds. The number of aromatic nitrogens is 3. The Morgan fingerprint density at radius 1 is 0.963 bits per heavy atom. The molecule has 3 heterocycles. The molecule has 0 aliphatic heterocycles. The molecule has 0 fully saturated rings. The second-order valence-corrected chi connectivity index (χ2v) is 6.26. The number of fused-ring (bicyclic) bond motifs is 2. The zero-order valence-corrected chi connectivity index (χ0v) is 14.3. The van der Waals surface area contributed by atoms with Crippen LogP contribution in [0.1, 0.15) is 21.9 Å². The molecule has 5 heteroatoms. The predicted molar refractivity (Wildman–Crippen MR) is 105 cm³/mol. The number of rotatable bonds is 4. The van der Waals surface area contributed by atoms with Crippen molar-refractivity contribution in [2.45, 2.75) is 0 Å². The van der Waals surface area contributed by atoms with E-state index in [4.69, 9.17) is 4.42 Å². The van der Waals surface area contributed by atoms with E-state index in [1.807, 2.05) is 60.8 Å². The number of ketones is 1. The number of carbonyl (C=O) groups is 1. The number of H-pyrrole nitrogens is 2. The molecule has 0 saturated carbocycles. The normalized spacial score (nSPS) is 12.1. The monoisotopic (exact) mass is 353 g/mol. The van der Waals surface area contributed by atoms with Crippen LogP contribution in [0.15, 0.2) is 77.5 Å². The number of carbonyl (C=O) groups excluding carboxylic acids is 1. The van der Waals surface area contributed by atoms with Gasteiger partial charge in [0.05, 0.1) is 22.9 Å². The van der Waals surface area contributed by atoms with Gasteiger partial charge in [-0.05, 0) is 36.4 Å². The van der Waals surface area contributed by atoms with Crippen molar-refractivity contribution >= 4 is 39.4 Å². The molecule has 0 atom stereocenters. The fourth-order valence-corrected chi connectivity index (χ4v) is 3.23. The van der Waals surface area contributed by atoms with Gasteiger partial charge in [-0.2, -0.15) is 0 Å². The van der Waals surface area contributed by atoms with E-state index in [9.17, 15) is 4.79 Å². The van der Waals surface area contributed by atoms with Crippen molar-refractivity contribution in [1.82, 2.24) is 15.0 Å². The Morgan fingerprint density at radius 3 is 2.59 bits per heavy atom. The van der Waals surface area contributed by atoms with Gasteiger partial charge in [-0.3, -0.25) is 4.79 Å². The Bertz CT molecular complexity index is 1260. The van der Waals surface area contributed by atoms with E-state index < -0.39 is 0 Å². The van der Waals surface area contributed by atoms with Gasteiger partial charge in [-0.1, -0.05) is 30.3 Å². The molecule has 0 spiro atoms. The average molecular weight is 353 g/mol. The summed E-state index contributed by atoms with van der Waals surface area (Å²) in [7, 11) is 0. The van der Waals surface area contributed by atoms with Gasteiger partial charge in [-0.15, -0.1) is 0 Å². The van der Waals surface area contributed by atoms with E-state index in [2.05, 4.69) is 15.0 Å². The van der Waals surface area contributed by atoms with Crippen LogP contribution in [-0.4, -0.2) is 20.7 Å². The zero-order valence-electron chi connectivity index (χ0n) is 14.3. The summed E-state index contributed by atoms with van der Waals surface area (Å²) >= 11 is 0. The lowest BCUT2D eigenvalue weighted by Gasteiger charge is -2.02. The van der Waals surface area contributed by atoms with E-state index in [0.29, 0.717) is 11.4 Å². The second kappa shape index (κ2) is 6.14. The molecule has 0 radical (unpaired) electrons. The Kier molecular flexibility index (Phi) is 3.50. The van der Waals surface area contributed by atoms with Crippen LogP contribution in [0, 0.1) is 0 Å². The van der Waals surface area contributed by atoms with Crippen molar-refractivity contribution in [2.75, 3.05) is 0 Å². The van der Waals surface area contributed by atoms with E-state index in [-0.39, 0.29) is 11.5 Å². The van der Waals surface area contributed by atoms with Crippen LogP contribution < -0.4 is 0 Å². The minimum absolute atomic E-state index is 0.218. The van der Waals surface area contributed by atoms with Crippen LogP contribution in [0.25, 0.3) is 33.6 Å². The van der Waals surface area contributed by atoms with Crippen molar-refractivity contribution in [3.05, 3.63) is 90.3 Å². The lowest BCUT2D eigenvalue weighted by Crippen LogP contribution is -2.03. The lowest BCUT2D eigenvalue weighted by atomic mass is 10.0. The molecule has 0 aliphatic rings. The topological polar surface area (TPSA) is 74.7 Å². The van der Waals surface area contributed by atoms with E-state index in [1.165, 1.54) is 6.26 Å². The number of benzene rings is 2. The van der Waals surface area contributed by atoms with Crippen molar-refractivity contribution in [3.8, 4) is 0 Å². The Balaban J connectivity index is 1.71. The molecule has 130 valence electrons. The maximum Gasteiger partial charge on any atom is 0.231 e. The van der Waals surface area contributed by atoms with Crippen molar-refractivity contribution in [1.29, 1.82) is 0 Å². The molecule has 5 nitrogen and oxygen atoms in total. The zero-order chi connectivity index (χ0) is 18.2. The summed E-state index contributed by atoms with van der Waals surface area (Å²) in [5.41, 5.74) is 4.07. The number of furan rings is 1. The minimum atomic E-state index is -0.218. The highest BCUT2D eigenvalue weighted by atomic mass is 16.3. The predicted octanol–water partition coefficient (Wildman–Crippen LogP) is 5.06. The quantitative estimate of drug-likeness (QED) is 0.350. The maximum absolute atomic E-state index is 13.1. The molecular formula is C22H15N3O2. The molecule has 0 unspecified atom stereocenters. The average Bonchev–Trinajstić information content (AvgIpc) is 3.44. The van der Waals surface area contributed by atoms with Crippen LogP contribution in [0.3, 0.4) is 0 Å². The van der Waals surface area contributed by atoms with E-state index in [1.54, 1.807) is 12.1 Å². The molecule has 0 bridgehead atoms. The minimum Gasteiger partial charge on any atom is -0.461 e. The maximum atomic E-state index is 13.1. The third kappa shape index (κ3) is 2.66. The number of aromatic amines is 2. The number of nitrogens with zero attached hydrogens (tertiary/aromatic N) is 1. The highest BCUT2D eigenvalue weighted by molar-refractivity contribution is 6.31. The summed E-state index contributed by atoms with van der Waals surface area (Å²) in [6, 6.07) is 19.0. The molecule has 0 aliphatic carbocycles. The third-order valence-electron chi connectivity index (χ3n) is 4.56. The van der Waals surface area contributed by atoms with Gasteiger partial charge in [0.1, 0.15) is 5.82 Å². The summed E-state index contributed by atoms with van der Waals surface area (Å²) in [6.07, 6.45) is 5.24.